The number of hydrogen-bond acceptors (Lipinski definition) is 4. The van der Waals surface area contributed by atoms with Crippen LogP contribution in [0.25, 0.3) is 11.0 Å². The third kappa shape index (κ3) is 2.49. The lowest BCUT2D eigenvalue weighted by Gasteiger charge is -2.19. The molecule has 3 rings (SSSR count). The first kappa shape index (κ1) is 13.0. The molecule has 2 unspecified atom stereocenters. The van der Waals surface area contributed by atoms with Gasteiger partial charge in [0.15, 0.2) is 5.76 Å². The van der Waals surface area contributed by atoms with Gasteiger partial charge in [-0.2, -0.15) is 0 Å². The molecular formula is C15H18N2O3. The van der Waals surface area contributed by atoms with Gasteiger partial charge in [0.05, 0.1) is 12.1 Å². The van der Waals surface area contributed by atoms with Crippen molar-refractivity contribution in [2.75, 3.05) is 12.3 Å². The van der Waals surface area contributed by atoms with Gasteiger partial charge in [-0.25, -0.2) is 0 Å². The number of amides is 1. The van der Waals surface area contributed by atoms with E-state index in [0.29, 0.717) is 17.0 Å². The summed E-state index contributed by atoms with van der Waals surface area (Å²) >= 11 is 0. The van der Waals surface area contributed by atoms with Crippen LogP contribution < -0.4 is 11.1 Å². The molecule has 2 heterocycles. The number of nitrogen functional groups attached to an aromatic ring is 1. The van der Waals surface area contributed by atoms with Crippen LogP contribution >= 0.6 is 0 Å². The lowest BCUT2D eigenvalue weighted by Crippen LogP contribution is -2.40. The Labute approximate surface area is 117 Å². The summed E-state index contributed by atoms with van der Waals surface area (Å²) in [4.78, 5) is 12.2. The SMILES string of the molecule is CC(NC(=O)c1cc2cc(N)ccc2o1)C1CCCO1. The van der Waals surface area contributed by atoms with Gasteiger partial charge >= 0.3 is 0 Å². The lowest BCUT2D eigenvalue weighted by atomic mass is 10.1. The molecule has 0 spiro atoms. The number of benzene rings is 1. The van der Waals surface area contributed by atoms with Gasteiger partial charge in [0, 0.05) is 17.7 Å². The molecule has 0 bridgehead atoms. The van der Waals surface area contributed by atoms with Crippen LogP contribution in [0.3, 0.4) is 0 Å². The highest BCUT2D eigenvalue weighted by atomic mass is 16.5. The molecule has 2 atom stereocenters. The van der Waals surface area contributed by atoms with Crippen LogP contribution in [0.15, 0.2) is 28.7 Å². The summed E-state index contributed by atoms with van der Waals surface area (Å²) < 4.78 is 11.1. The number of carbonyl (C=O) groups is 1. The number of ether oxygens (including phenoxy) is 1. The fourth-order valence-corrected chi connectivity index (χ4v) is 2.54. The molecule has 106 valence electrons. The molecule has 1 saturated heterocycles. The molecular weight excluding hydrogens is 256 g/mol. The second kappa shape index (κ2) is 5.17. The number of fused-ring (bicyclic) bond motifs is 1. The Kier molecular flexibility index (Phi) is 3.36. The van der Waals surface area contributed by atoms with E-state index in [1.807, 2.05) is 6.92 Å². The number of rotatable bonds is 3. The van der Waals surface area contributed by atoms with E-state index in [0.717, 1.165) is 24.8 Å². The smallest absolute Gasteiger partial charge is 0.287 e. The van der Waals surface area contributed by atoms with Crippen molar-refractivity contribution in [3.63, 3.8) is 0 Å². The van der Waals surface area contributed by atoms with E-state index in [4.69, 9.17) is 14.9 Å². The van der Waals surface area contributed by atoms with Crippen molar-refractivity contribution in [2.24, 2.45) is 0 Å². The molecule has 1 amide bonds. The third-order valence-electron chi connectivity index (χ3n) is 3.65. The molecule has 5 heteroatoms. The van der Waals surface area contributed by atoms with E-state index < -0.39 is 0 Å². The maximum atomic E-state index is 12.2. The molecule has 0 saturated carbocycles. The Hall–Kier alpha value is -2.01. The van der Waals surface area contributed by atoms with Crippen molar-refractivity contribution in [3.8, 4) is 0 Å². The van der Waals surface area contributed by atoms with Gasteiger partial charge in [-0.3, -0.25) is 4.79 Å². The number of nitrogens with one attached hydrogen (secondary N) is 1. The molecule has 0 radical (unpaired) electrons. The van der Waals surface area contributed by atoms with Crippen molar-refractivity contribution >= 4 is 22.6 Å². The maximum absolute atomic E-state index is 12.2. The van der Waals surface area contributed by atoms with Crippen LogP contribution in [0.5, 0.6) is 0 Å². The fourth-order valence-electron chi connectivity index (χ4n) is 2.54. The highest BCUT2D eigenvalue weighted by molar-refractivity contribution is 5.96. The van der Waals surface area contributed by atoms with Gasteiger partial charge in [0.25, 0.3) is 5.91 Å². The lowest BCUT2D eigenvalue weighted by molar-refractivity contribution is 0.0698. The number of nitrogens with two attached hydrogens (primary N) is 1. The molecule has 2 aromatic rings. The normalized spacial score (nSPS) is 20.1. The fraction of sp³-hybridized carbons (Fsp3) is 0.400. The Bertz CT molecular complexity index is 629. The van der Waals surface area contributed by atoms with Crippen molar-refractivity contribution in [1.29, 1.82) is 0 Å². The molecule has 3 N–H and O–H groups in total. The van der Waals surface area contributed by atoms with Crippen LogP contribution in [0.4, 0.5) is 5.69 Å². The second-order valence-electron chi connectivity index (χ2n) is 5.22. The summed E-state index contributed by atoms with van der Waals surface area (Å²) in [6, 6.07) is 7.00. The monoisotopic (exact) mass is 274 g/mol. The first-order valence-electron chi connectivity index (χ1n) is 6.85. The number of furan rings is 1. The molecule has 5 nitrogen and oxygen atoms in total. The maximum Gasteiger partial charge on any atom is 0.287 e. The molecule has 1 fully saturated rings. The van der Waals surface area contributed by atoms with Gasteiger partial charge in [-0.1, -0.05) is 0 Å². The van der Waals surface area contributed by atoms with Crippen LogP contribution in [-0.2, 0) is 4.74 Å². The highest BCUT2D eigenvalue weighted by Gasteiger charge is 2.25. The summed E-state index contributed by atoms with van der Waals surface area (Å²) in [7, 11) is 0. The summed E-state index contributed by atoms with van der Waals surface area (Å²) in [5.74, 6) is 0.0817. The third-order valence-corrected chi connectivity index (χ3v) is 3.65. The van der Waals surface area contributed by atoms with E-state index in [2.05, 4.69) is 5.32 Å². The minimum atomic E-state index is -0.220. The molecule has 1 aliphatic heterocycles. The van der Waals surface area contributed by atoms with E-state index in [-0.39, 0.29) is 18.1 Å². The zero-order chi connectivity index (χ0) is 14.1. The van der Waals surface area contributed by atoms with Gasteiger partial charge in [-0.05, 0) is 44.0 Å². The molecule has 0 aliphatic carbocycles. The Morgan fingerprint density at radius 3 is 3.05 bits per heavy atom. The summed E-state index contributed by atoms with van der Waals surface area (Å²) in [5, 5.41) is 3.76. The van der Waals surface area contributed by atoms with Gasteiger partial charge in [-0.15, -0.1) is 0 Å². The Balaban J connectivity index is 1.74. The largest absolute Gasteiger partial charge is 0.451 e. The topological polar surface area (TPSA) is 77.5 Å². The summed E-state index contributed by atoms with van der Waals surface area (Å²) in [5.41, 5.74) is 7.03. The zero-order valence-electron chi connectivity index (χ0n) is 11.4. The van der Waals surface area contributed by atoms with E-state index >= 15 is 0 Å². The zero-order valence-corrected chi connectivity index (χ0v) is 11.4. The van der Waals surface area contributed by atoms with Crippen LogP contribution in [0.1, 0.15) is 30.3 Å². The van der Waals surface area contributed by atoms with Crippen LogP contribution in [0, 0.1) is 0 Å². The molecule has 20 heavy (non-hydrogen) atoms. The average Bonchev–Trinajstić information content (AvgIpc) is 3.07. The molecule has 1 aromatic heterocycles. The van der Waals surface area contributed by atoms with Crippen molar-refractivity contribution < 1.29 is 13.9 Å². The summed E-state index contributed by atoms with van der Waals surface area (Å²) in [6.07, 6.45) is 2.13. The standard InChI is InChI=1S/C15H18N2O3/c1-9(12-3-2-6-19-12)17-15(18)14-8-10-7-11(16)4-5-13(10)20-14/h4-5,7-9,12H,2-3,6,16H2,1H3,(H,17,18). The minimum Gasteiger partial charge on any atom is -0.451 e. The van der Waals surface area contributed by atoms with Gasteiger partial charge in [0.2, 0.25) is 0 Å². The Morgan fingerprint density at radius 2 is 2.30 bits per heavy atom. The van der Waals surface area contributed by atoms with Crippen LogP contribution in [-0.4, -0.2) is 24.7 Å². The van der Waals surface area contributed by atoms with Crippen molar-refractivity contribution in [2.45, 2.75) is 31.9 Å². The highest BCUT2D eigenvalue weighted by Crippen LogP contribution is 2.22. The minimum absolute atomic E-state index is 0.0247. The van der Waals surface area contributed by atoms with E-state index in [9.17, 15) is 4.79 Å². The van der Waals surface area contributed by atoms with E-state index in [1.54, 1.807) is 24.3 Å². The quantitative estimate of drug-likeness (QED) is 0.842. The number of hydrogen-bond donors (Lipinski definition) is 2. The first-order valence-corrected chi connectivity index (χ1v) is 6.85. The Morgan fingerprint density at radius 1 is 1.45 bits per heavy atom. The van der Waals surface area contributed by atoms with Crippen molar-refractivity contribution in [3.05, 3.63) is 30.0 Å². The predicted molar refractivity (Wildman–Crippen MR) is 76.5 cm³/mol. The van der Waals surface area contributed by atoms with Gasteiger partial charge < -0.3 is 20.2 Å². The molecule has 1 aliphatic rings. The first-order chi connectivity index (χ1) is 9.63. The van der Waals surface area contributed by atoms with Crippen molar-refractivity contribution in [1.82, 2.24) is 5.32 Å². The summed E-state index contributed by atoms with van der Waals surface area (Å²) in [6.45, 7) is 2.73. The van der Waals surface area contributed by atoms with Crippen LogP contribution in [0.2, 0.25) is 0 Å². The van der Waals surface area contributed by atoms with E-state index in [1.165, 1.54) is 0 Å². The average molecular weight is 274 g/mol. The molecule has 1 aromatic carbocycles. The number of anilines is 1. The predicted octanol–water partition coefficient (Wildman–Crippen LogP) is 2.31. The second-order valence-corrected chi connectivity index (χ2v) is 5.22. The van der Waals surface area contributed by atoms with Gasteiger partial charge in [0.1, 0.15) is 5.58 Å². The number of carbonyl (C=O) groups excluding carboxylic acids is 1.